The molecule has 1 unspecified atom stereocenters. The first-order valence-corrected chi connectivity index (χ1v) is 8.48. The molecular weight excluding hydrogens is 282 g/mol. The van der Waals surface area contributed by atoms with Gasteiger partial charge >= 0.3 is 0 Å². The third-order valence-electron chi connectivity index (χ3n) is 4.08. The van der Waals surface area contributed by atoms with E-state index in [1.807, 2.05) is 0 Å². The fraction of sp³-hybridized carbons (Fsp3) is 0.500. The van der Waals surface area contributed by atoms with Gasteiger partial charge in [-0.2, -0.15) is 4.98 Å². The molecule has 0 saturated carbocycles. The van der Waals surface area contributed by atoms with Crippen molar-refractivity contribution in [3.05, 3.63) is 41.5 Å². The predicted octanol–water partition coefficient (Wildman–Crippen LogP) is 3.66. The minimum absolute atomic E-state index is 0.0980. The Balaban J connectivity index is 1.68. The highest BCUT2D eigenvalue weighted by Gasteiger charge is 2.38. The predicted molar refractivity (Wildman–Crippen MR) is 84.2 cm³/mol. The van der Waals surface area contributed by atoms with Crippen LogP contribution in [0.4, 0.5) is 0 Å². The summed E-state index contributed by atoms with van der Waals surface area (Å²) < 4.78 is 5.52. The van der Waals surface area contributed by atoms with E-state index in [1.54, 1.807) is 11.8 Å². The molecule has 1 N–H and O–H groups in total. The highest BCUT2D eigenvalue weighted by Crippen LogP contribution is 2.33. The third kappa shape index (κ3) is 3.14. The van der Waals surface area contributed by atoms with Gasteiger partial charge in [-0.05, 0) is 44.9 Å². The number of aryl methyl sites for hydroxylation is 1. The van der Waals surface area contributed by atoms with E-state index in [9.17, 15) is 0 Å². The van der Waals surface area contributed by atoms with Crippen LogP contribution in [0, 0.1) is 6.92 Å². The Morgan fingerprint density at radius 1 is 1.43 bits per heavy atom. The second-order valence-corrected chi connectivity index (χ2v) is 6.64. The molecule has 1 fully saturated rings. The van der Waals surface area contributed by atoms with Gasteiger partial charge in [-0.25, -0.2) is 0 Å². The first-order valence-electron chi connectivity index (χ1n) is 7.49. The number of aromatic nitrogens is 2. The average molecular weight is 303 g/mol. The summed E-state index contributed by atoms with van der Waals surface area (Å²) in [6.45, 7) is 5.31. The molecule has 0 spiro atoms. The van der Waals surface area contributed by atoms with E-state index in [-0.39, 0.29) is 5.54 Å². The van der Waals surface area contributed by atoms with Gasteiger partial charge in [0.15, 0.2) is 5.82 Å². The van der Waals surface area contributed by atoms with Gasteiger partial charge in [0.1, 0.15) is 0 Å². The number of benzene rings is 1. The summed E-state index contributed by atoms with van der Waals surface area (Å²) >= 11 is 1.74. The molecule has 5 heteroatoms. The lowest BCUT2D eigenvalue weighted by molar-refractivity contribution is 0.249. The summed E-state index contributed by atoms with van der Waals surface area (Å²) in [4.78, 5) is 5.85. The van der Waals surface area contributed by atoms with E-state index < -0.39 is 0 Å². The maximum Gasteiger partial charge on any atom is 0.246 e. The Bertz CT molecular complexity index is 605. The summed E-state index contributed by atoms with van der Waals surface area (Å²) in [5.41, 5.74) is 1.17. The Hall–Kier alpha value is -1.33. The maximum atomic E-state index is 5.52. The van der Waals surface area contributed by atoms with Gasteiger partial charge in [0, 0.05) is 4.90 Å². The zero-order valence-electron chi connectivity index (χ0n) is 12.6. The second kappa shape index (κ2) is 6.20. The normalized spacial score (nSPS) is 21.8. The molecule has 21 heavy (non-hydrogen) atoms. The molecule has 0 aliphatic carbocycles. The lowest BCUT2D eigenvalue weighted by atomic mass is 9.94. The Kier molecular flexibility index (Phi) is 4.31. The van der Waals surface area contributed by atoms with E-state index in [0.29, 0.717) is 0 Å². The van der Waals surface area contributed by atoms with Crippen LogP contribution in [-0.2, 0) is 11.3 Å². The van der Waals surface area contributed by atoms with Crippen molar-refractivity contribution >= 4 is 11.8 Å². The van der Waals surface area contributed by atoms with Gasteiger partial charge in [-0.3, -0.25) is 0 Å². The van der Waals surface area contributed by atoms with Gasteiger partial charge in [0.25, 0.3) is 0 Å². The lowest BCUT2D eigenvalue weighted by Gasteiger charge is -2.22. The van der Waals surface area contributed by atoms with Crippen molar-refractivity contribution in [1.29, 1.82) is 0 Å². The molecule has 4 nitrogen and oxygen atoms in total. The van der Waals surface area contributed by atoms with Crippen molar-refractivity contribution in [3.63, 3.8) is 0 Å². The molecule has 2 heterocycles. The van der Waals surface area contributed by atoms with Gasteiger partial charge < -0.3 is 9.84 Å². The fourth-order valence-electron chi connectivity index (χ4n) is 2.80. The molecule has 0 radical (unpaired) electrons. The first-order chi connectivity index (χ1) is 10.2. The molecule has 1 saturated heterocycles. The number of nitrogens with zero attached hydrogens (tertiary/aromatic N) is 2. The summed E-state index contributed by atoms with van der Waals surface area (Å²) in [5, 5.41) is 7.67. The topological polar surface area (TPSA) is 51.0 Å². The fourth-order valence-corrected chi connectivity index (χ4v) is 3.66. The highest BCUT2D eigenvalue weighted by molar-refractivity contribution is 7.98. The van der Waals surface area contributed by atoms with Gasteiger partial charge in [-0.1, -0.05) is 29.8 Å². The van der Waals surface area contributed by atoms with Gasteiger partial charge in [0.2, 0.25) is 5.89 Å². The third-order valence-corrected chi connectivity index (χ3v) is 5.07. The van der Waals surface area contributed by atoms with Crippen LogP contribution in [0.25, 0.3) is 0 Å². The van der Waals surface area contributed by atoms with Crippen LogP contribution in [0.15, 0.2) is 33.7 Å². The number of hydrogen-bond donors (Lipinski definition) is 1. The van der Waals surface area contributed by atoms with E-state index in [4.69, 9.17) is 4.52 Å². The number of nitrogens with one attached hydrogen (secondary N) is 1. The van der Waals surface area contributed by atoms with E-state index in [0.717, 1.165) is 36.9 Å². The minimum atomic E-state index is -0.0980. The molecule has 3 rings (SSSR count). The Morgan fingerprint density at radius 2 is 2.33 bits per heavy atom. The van der Waals surface area contributed by atoms with E-state index in [1.165, 1.54) is 16.9 Å². The second-order valence-electron chi connectivity index (χ2n) is 5.59. The van der Waals surface area contributed by atoms with Crippen LogP contribution >= 0.6 is 11.8 Å². The smallest absolute Gasteiger partial charge is 0.246 e. The summed E-state index contributed by atoms with van der Waals surface area (Å²) in [6.07, 6.45) is 3.24. The Morgan fingerprint density at radius 3 is 3.05 bits per heavy atom. The average Bonchev–Trinajstić information content (AvgIpc) is 3.15. The van der Waals surface area contributed by atoms with Crippen molar-refractivity contribution in [2.45, 2.75) is 49.3 Å². The minimum Gasteiger partial charge on any atom is -0.337 e. The van der Waals surface area contributed by atoms with Crippen LogP contribution in [0.3, 0.4) is 0 Å². The standard InChI is InChI=1S/C16H21N3OS/c1-3-16(8-5-9-17-16)15-18-14(19-20-15)11-21-13-7-4-6-12(2)10-13/h4,6-7,10,17H,3,5,8-9,11H2,1-2H3. The number of hydrogen-bond acceptors (Lipinski definition) is 5. The molecule has 0 amide bonds. The van der Waals surface area contributed by atoms with Crippen LogP contribution in [0.5, 0.6) is 0 Å². The van der Waals surface area contributed by atoms with Crippen LogP contribution in [-0.4, -0.2) is 16.7 Å². The number of rotatable bonds is 5. The summed E-state index contributed by atoms with van der Waals surface area (Å²) in [7, 11) is 0. The van der Waals surface area contributed by atoms with E-state index in [2.05, 4.69) is 53.6 Å². The van der Waals surface area contributed by atoms with Crippen LogP contribution in [0.1, 0.15) is 43.5 Å². The molecule has 0 bridgehead atoms. The van der Waals surface area contributed by atoms with Crippen LogP contribution < -0.4 is 5.32 Å². The van der Waals surface area contributed by atoms with E-state index >= 15 is 0 Å². The quantitative estimate of drug-likeness (QED) is 0.854. The molecule has 1 aromatic carbocycles. The van der Waals surface area contributed by atoms with Crippen LogP contribution in [0.2, 0.25) is 0 Å². The SMILES string of the molecule is CCC1(c2nc(CSc3cccc(C)c3)no2)CCCN1. The van der Waals surface area contributed by atoms with Gasteiger partial charge in [-0.15, -0.1) is 11.8 Å². The van der Waals surface area contributed by atoms with Crippen molar-refractivity contribution < 1.29 is 4.52 Å². The largest absolute Gasteiger partial charge is 0.337 e. The molecule has 1 aromatic heterocycles. The Labute approximate surface area is 129 Å². The lowest BCUT2D eigenvalue weighted by Crippen LogP contribution is -2.36. The molecule has 112 valence electrons. The molecule has 1 aliphatic rings. The monoisotopic (exact) mass is 303 g/mol. The first kappa shape index (κ1) is 14.6. The van der Waals surface area contributed by atoms with Crippen molar-refractivity contribution in [1.82, 2.24) is 15.5 Å². The maximum absolute atomic E-state index is 5.52. The molecule has 2 aromatic rings. The highest BCUT2D eigenvalue weighted by atomic mass is 32.2. The molecule has 1 atom stereocenters. The molecular formula is C16H21N3OS. The zero-order chi connectivity index (χ0) is 14.7. The van der Waals surface area contributed by atoms with Gasteiger partial charge in [0.05, 0.1) is 11.3 Å². The molecule has 1 aliphatic heterocycles. The van der Waals surface area contributed by atoms with Crippen molar-refractivity contribution in [2.75, 3.05) is 6.54 Å². The van der Waals surface area contributed by atoms with Crippen molar-refractivity contribution in [2.24, 2.45) is 0 Å². The summed E-state index contributed by atoms with van der Waals surface area (Å²) in [6, 6.07) is 8.48. The van der Waals surface area contributed by atoms with Crippen molar-refractivity contribution in [3.8, 4) is 0 Å². The summed E-state index contributed by atoms with van der Waals surface area (Å²) in [5.74, 6) is 2.27. The zero-order valence-corrected chi connectivity index (χ0v) is 13.4. The number of thioether (sulfide) groups is 1.